The van der Waals surface area contributed by atoms with E-state index < -0.39 is 11.6 Å². The highest BCUT2D eigenvalue weighted by Gasteiger charge is 2.35. The summed E-state index contributed by atoms with van der Waals surface area (Å²) >= 11 is 0. The summed E-state index contributed by atoms with van der Waals surface area (Å²) in [7, 11) is 0. The Morgan fingerprint density at radius 3 is 2.84 bits per heavy atom. The molecule has 1 aromatic carbocycles. The first-order valence-electron chi connectivity index (χ1n) is 6.90. The van der Waals surface area contributed by atoms with Gasteiger partial charge >= 0.3 is 0 Å². The number of hydrogen-bond donors (Lipinski definition) is 2. The first-order valence-corrected chi connectivity index (χ1v) is 6.90. The van der Waals surface area contributed by atoms with Gasteiger partial charge in [-0.3, -0.25) is 4.90 Å². The number of anilines is 2. The summed E-state index contributed by atoms with van der Waals surface area (Å²) in [5.41, 5.74) is 6.07. The Bertz CT molecular complexity index is 478. The highest BCUT2D eigenvalue weighted by molar-refractivity contribution is 5.67. The normalized spacial score (nSPS) is 27.3. The van der Waals surface area contributed by atoms with Crippen LogP contribution in [0.1, 0.15) is 25.7 Å². The lowest BCUT2D eigenvalue weighted by Gasteiger charge is -2.33. The smallest absolute Gasteiger partial charge is 0.151 e. The fraction of sp³-hybridized carbons (Fsp3) is 0.571. The average Bonchev–Trinajstić information content (AvgIpc) is 2.79. The van der Waals surface area contributed by atoms with E-state index >= 15 is 0 Å². The van der Waals surface area contributed by atoms with Crippen LogP contribution in [0.25, 0.3) is 0 Å². The maximum absolute atomic E-state index is 13.4. The van der Waals surface area contributed by atoms with Gasteiger partial charge in [0.05, 0.1) is 11.4 Å². The molecule has 2 saturated heterocycles. The zero-order chi connectivity index (χ0) is 13.4. The number of nitrogens with zero attached hydrogens (tertiary/aromatic N) is 1. The molecule has 0 aromatic heterocycles. The molecule has 2 fully saturated rings. The van der Waals surface area contributed by atoms with Gasteiger partial charge in [-0.2, -0.15) is 0 Å². The van der Waals surface area contributed by atoms with Gasteiger partial charge < -0.3 is 11.1 Å². The van der Waals surface area contributed by atoms with E-state index in [1.165, 1.54) is 18.9 Å². The van der Waals surface area contributed by atoms with Crippen LogP contribution in [-0.2, 0) is 0 Å². The molecule has 19 heavy (non-hydrogen) atoms. The summed E-state index contributed by atoms with van der Waals surface area (Å²) in [4.78, 5) is 2.47. The Labute approximate surface area is 111 Å². The zero-order valence-electron chi connectivity index (χ0n) is 10.8. The van der Waals surface area contributed by atoms with Crippen LogP contribution in [0, 0.1) is 11.6 Å². The molecule has 1 aromatic rings. The molecule has 2 heterocycles. The second-order valence-corrected chi connectivity index (χ2v) is 5.49. The van der Waals surface area contributed by atoms with Crippen LogP contribution in [0.4, 0.5) is 20.2 Å². The summed E-state index contributed by atoms with van der Waals surface area (Å²) in [5, 5.41) is 3.24. The van der Waals surface area contributed by atoms with Gasteiger partial charge in [0.2, 0.25) is 0 Å². The number of nitrogens with one attached hydrogen (secondary N) is 1. The highest BCUT2D eigenvalue weighted by Crippen LogP contribution is 2.31. The molecule has 2 aliphatic rings. The lowest BCUT2D eigenvalue weighted by molar-refractivity contribution is 0.193. The Morgan fingerprint density at radius 2 is 2.00 bits per heavy atom. The molecule has 2 aliphatic heterocycles. The maximum Gasteiger partial charge on any atom is 0.151 e. The molecule has 3 nitrogen and oxygen atoms in total. The molecule has 3 N–H and O–H groups in total. The molecule has 0 radical (unpaired) electrons. The van der Waals surface area contributed by atoms with Crippen molar-refractivity contribution in [1.82, 2.24) is 4.90 Å². The van der Waals surface area contributed by atoms with Crippen molar-refractivity contribution in [1.29, 1.82) is 0 Å². The zero-order valence-corrected chi connectivity index (χ0v) is 10.8. The minimum absolute atomic E-state index is 0.00987. The Kier molecular flexibility index (Phi) is 3.31. The number of rotatable bonds is 2. The minimum Gasteiger partial charge on any atom is -0.395 e. The van der Waals surface area contributed by atoms with Crippen molar-refractivity contribution >= 4 is 11.4 Å². The van der Waals surface area contributed by atoms with Crippen LogP contribution in [-0.4, -0.2) is 30.1 Å². The van der Waals surface area contributed by atoms with Crippen LogP contribution in [0.5, 0.6) is 0 Å². The standard InChI is InChI=1S/C14H19F2N3/c15-9-7-10(16)14(17)12(8-9)18-11-4-6-19-5-2-1-3-13(11)19/h7-8,11,13,18H,1-6,17H2. The first-order chi connectivity index (χ1) is 9.15. The number of nitrogens with two attached hydrogens (primary N) is 1. The van der Waals surface area contributed by atoms with Crippen molar-refractivity contribution in [2.75, 3.05) is 24.1 Å². The lowest BCUT2D eigenvalue weighted by atomic mass is 9.99. The van der Waals surface area contributed by atoms with Crippen LogP contribution < -0.4 is 11.1 Å². The Hall–Kier alpha value is -1.36. The summed E-state index contributed by atoms with van der Waals surface area (Å²) in [6.45, 7) is 2.19. The predicted octanol–water partition coefficient (Wildman–Crippen LogP) is 2.59. The number of piperidine rings is 1. The number of benzene rings is 1. The number of hydrogen-bond acceptors (Lipinski definition) is 3. The summed E-state index contributed by atoms with van der Waals surface area (Å²) in [6.07, 6.45) is 4.63. The van der Waals surface area contributed by atoms with Crippen molar-refractivity contribution < 1.29 is 8.78 Å². The molecule has 0 saturated carbocycles. The van der Waals surface area contributed by atoms with E-state index in [1.54, 1.807) is 0 Å². The summed E-state index contributed by atoms with van der Waals surface area (Å²) < 4.78 is 26.7. The van der Waals surface area contributed by atoms with E-state index in [-0.39, 0.29) is 11.7 Å². The minimum atomic E-state index is -0.694. The van der Waals surface area contributed by atoms with Crippen LogP contribution in [0.3, 0.4) is 0 Å². The quantitative estimate of drug-likeness (QED) is 0.809. The number of nitrogen functional groups attached to an aromatic ring is 1. The van der Waals surface area contributed by atoms with Gasteiger partial charge in [0, 0.05) is 24.7 Å². The fourth-order valence-electron chi connectivity index (χ4n) is 3.32. The molecule has 3 rings (SSSR count). The maximum atomic E-state index is 13.4. The topological polar surface area (TPSA) is 41.3 Å². The molecule has 0 bridgehead atoms. The average molecular weight is 267 g/mol. The van der Waals surface area contributed by atoms with Gasteiger partial charge in [0.15, 0.2) is 5.82 Å². The monoisotopic (exact) mass is 267 g/mol. The molecular formula is C14H19F2N3. The third-order valence-electron chi connectivity index (χ3n) is 4.29. The van der Waals surface area contributed by atoms with E-state index in [1.807, 2.05) is 0 Å². The first kappa shape index (κ1) is 12.7. The number of fused-ring (bicyclic) bond motifs is 1. The van der Waals surface area contributed by atoms with Crippen LogP contribution in [0.15, 0.2) is 12.1 Å². The van der Waals surface area contributed by atoms with Crippen molar-refractivity contribution in [3.63, 3.8) is 0 Å². The van der Waals surface area contributed by atoms with E-state index in [0.29, 0.717) is 11.7 Å². The molecule has 2 atom stereocenters. The van der Waals surface area contributed by atoms with Gasteiger partial charge in [-0.1, -0.05) is 6.42 Å². The molecule has 2 unspecified atom stereocenters. The van der Waals surface area contributed by atoms with Gasteiger partial charge in [0.1, 0.15) is 5.82 Å². The van der Waals surface area contributed by atoms with Crippen molar-refractivity contribution in [2.45, 2.75) is 37.8 Å². The Balaban J connectivity index is 1.78. The summed E-state index contributed by atoms with van der Waals surface area (Å²) in [5.74, 6) is -1.28. The fourth-order valence-corrected chi connectivity index (χ4v) is 3.32. The molecule has 0 spiro atoms. The van der Waals surface area contributed by atoms with Crippen molar-refractivity contribution in [2.24, 2.45) is 0 Å². The lowest BCUT2D eigenvalue weighted by Crippen LogP contribution is -2.41. The van der Waals surface area contributed by atoms with Crippen molar-refractivity contribution in [3.8, 4) is 0 Å². The van der Waals surface area contributed by atoms with Crippen molar-refractivity contribution in [3.05, 3.63) is 23.8 Å². The Morgan fingerprint density at radius 1 is 1.16 bits per heavy atom. The molecule has 0 amide bonds. The van der Waals surface area contributed by atoms with Crippen LogP contribution >= 0.6 is 0 Å². The SMILES string of the molecule is Nc1c(F)cc(F)cc1NC1CCN2CCCCC12. The van der Waals surface area contributed by atoms with Gasteiger partial charge in [0.25, 0.3) is 0 Å². The molecule has 104 valence electrons. The van der Waals surface area contributed by atoms with Gasteiger partial charge in [-0.25, -0.2) is 8.78 Å². The van der Waals surface area contributed by atoms with Crippen LogP contribution in [0.2, 0.25) is 0 Å². The second kappa shape index (κ2) is 4.96. The molecular weight excluding hydrogens is 248 g/mol. The third-order valence-corrected chi connectivity index (χ3v) is 4.29. The molecule has 5 heteroatoms. The van der Waals surface area contributed by atoms with E-state index in [9.17, 15) is 8.78 Å². The third kappa shape index (κ3) is 2.39. The second-order valence-electron chi connectivity index (χ2n) is 5.49. The highest BCUT2D eigenvalue weighted by atomic mass is 19.1. The largest absolute Gasteiger partial charge is 0.395 e. The van der Waals surface area contributed by atoms with Gasteiger partial charge in [-0.15, -0.1) is 0 Å². The number of halogens is 2. The van der Waals surface area contributed by atoms with E-state index in [0.717, 1.165) is 32.0 Å². The van der Waals surface area contributed by atoms with E-state index in [4.69, 9.17) is 5.73 Å². The van der Waals surface area contributed by atoms with Gasteiger partial charge in [-0.05, 0) is 31.9 Å². The summed E-state index contributed by atoms with van der Waals surface area (Å²) in [6, 6.07) is 2.81. The predicted molar refractivity (Wildman–Crippen MR) is 72.0 cm³/mol. The molecule has 0 aliphatic carbocycles. The van der Waals surface area contributed by atoms with E-state index in [2.05, 4.69) is 10.2 Å².